The molecule has 1 aromatic carbocycles. The van der Waals surface area contributed by atoms with Gasteiger partial charge in [-0.05, 0) is 25.3 Å². The smallest absolute Gasteiger partial charge is 0.252 e. The van der Waals surface area contributed by atoms with Crippen LogP contribution >= 0.6 is 0 Å². The zero-order valence-corrected chi connectivity index (χ0v) is 12.2. The van der Waals surface area contributed by atoms with E-state index in [1.165, 1.54) is 0 Å². The topological polar surface area (TPSA) is 49.4 Å². The van der Waals surface area contributed by atoms with E-state index in [1.54, 1.807) is 0 Å². The van der Waals surface area contributed by atoms with Gasteiger partial charge in [0.2, 0.25) is 5.91 Å². The van der Waals surface area contributed by atoms with E-state index in [1.807, 2.05) is 42.2 Å². The minimum Gasteiger partial charge on any atom is -0.338 e. The van der Waals surface area contributed by atoms with Gasteiger partial charge in [0.15, 0.2) is 0 Å². The summed E-state index contributed by atoms with van der Waals surface area (Å²) in [6.07, 6.45) is 6.34. The van der Waals surface area contributed by atoms with Crippen LogP contribution in [0.5, 0.6) is 0 Å². The lowest BCUT2D eigenvalue weighted by Crippen LogP contribution is -2.54. The van der Waals surface area contributed by atoms with Crippen molar-refractivity contribution in [2.24, 2.45) is 0 Å². The van der Waals surface area contributed by atoms with E-state index in [9.17, 15) is 9.59 Å². The fourth-order valence-electron chi connectivity index (χ4n) is 3.18. The highest BCUT2D eigenvalue weighted by molar-refractivity contribution is 5.94. The van der Waals surface area contributed by atoms with Gasteiger partial charge < -0.3 is 10.2 Å². The molecule has 1 aromatic rings. The van der Waals surface area contributed by atoms with E-state index in [2.05, 4.69) is 17.5 Å². The van der Waals surface area contributed by atoms with Gasteiger partial charge >= 0.3 is 0 Å². The molecular weight excluding hydrogens is 264 g/mol. The molecule has 0 saturated carbocycles. The summed E-state index contributed by atoms with van der Waals surface area (Å²) in [6, 6.07) is 9.68. The average Bonchev–Trinajstić information content (AvgIpc) is 2.98. The van der Waals surface area contributed by atoms with Gasteiger partial charge in [0, 0.05) is 19.0 Å². The Balaban J connectivity index is 1.97. The first-order chi connectivity index (χ1) is 10.1. The minimum absolute atomic E-state index is 0.00625. The third-order valence-electron chi connectivity index (χ3n) is 4.43. The number of nitrogens with one attached hydrogen (secondary N) is 1. The molecule has 4 heteroatoms. The van der Waals surface area contributed by atoms with Crippen LogP contribution in [-0.4, -0.2) is 29.3 Å². The van der Waals surface area contributed by atoms with Crippen molar-refractivity contribution in [1.29, 1.82) is 0 Å². The van der Waals surface area contributed by atoms with Gasteiger partial charge in [0.25, 0.3) is 5.91 Å². The van der Waals surface area contributed by atoms with Crippen LogP contribution in [0.25, 0.3) is 0 Å². The Morgan fingerprint density at radius 2 is 1.81 bits per heavy atom. The zero-order chi connectivity index (χ0) is 14.9. The maximum atomic E-state index is 13.1. The van der Waals surface area contributed by atoms with Crippen LogP contribution in [0.3, 0.4) is 0 Å². The number of carbonyl (C=O) groups excluding carboxylic acids is 2. The van der Waals surface area contributed by atoms with E-state index >= 15 is 0 Å². The molecule has 1 saturated heterocycles. The van der Waals surface area contributed by atoms with Crippen LogP contribution in [0, 0.1) is 0 Å². The Morgan fingerprint density at radius 1 is 1.14 bits per heavy atom. The van der Waals surface area contributed by atoms with Crippen molar-refractivity contribution in [2.45, 2.75) is 37.8 Å². The Bertz CT molecular complexity index is 574. The van der Waals surface area contributed by atoms with Crippen LogP contribution in [-0.2, 0) is 15.1 Å². The molecule has 3 rings (SSSR count). The van der Waals surface area contributed by atoms with Gasteiger partial charge in [-0.1, -0.05) is 42.5 Å². The third kappa shape index (κ3) is 2.46. The summed E-state index contributed by atoms with van der Waals surface area (Å²) in [7, 11) is 0. The second kappa shape index (κ2) is 5.35. The van der Waals surface area contributed by atoms with Gasteiger partial charge in [-0.15, -0.1) is 0 Å². The molecule has 1 aliphatic carbocycles. The van der Waals surface area contributed by atoms with Crippen molar-refractivity contribution in [3.05, 3.63) is 48.0 Å². The van der Waals surface area contributed by atoms with Crippen LogP contribution < -0.4 is 5.32 Å². The van der Waals surface area contributed by atoms with Crippen LogP contribution in [0.2, 0.25) is 0 Å². The monoisotopic (exact) mass is 284 g/mol. The Morgan fingerprint density at radius 3 is 2.48 bits per heavy atom. The van der Waals surface area contributed by atoms with E-state index in [4.69, 9.17) is 0 Å². The van der Waals surface area contributed by atoms with Gasteiger partial charge in [-0.25, -0.2) is 0 Å². The third-order valence-corrected chi connectivity index (χ3v) is 4.43. The van der Waals surface area contributed by atoms with E-state index in [0.29, 0.717) is 13.0 Å². The molecule has 2 amide bonds. The molecule has 1 N–H and O–H groups in total. The molecule has 0 spiro atoms. The summed E-state index contributed by atoms with van der Waals surface area (Å²) in [5.41, 5.74) is -0.140. The van der Waals surface area contributed by atoms with E-state index in [-0.39, 0.29) is 17.9 Å². The van der Waals surface area contributed by atoms with Crippen molar-refractivity contribution in [1.82, 2.24) is 10.2 Å². The summed E-state index contributed by atoms with van der Waals surface area (Å²) in [5.74, 6) is -0.0728. The van der Waals surface area contributed by atoms with Crippen LogP contribution in [0.4, 0.5) is 0 Å². The van der Waals surface area contributed by atoms with Gasteiger partial charge in [0.1, 0.15) is 5.54 Å². The average molecular weight is 284 g/mol. The second-order valence-corrected chi connectivity index (χ2v) is 5.88. The van der Waals surface area contributed by atoms with Crippen molar-refractivity contribution < 1.29 is 9.59 Å². The fraction of sp³-hybridized carbons (Fsp3) is 0.412. The molecule has 1 heterocycles. The Hall–Kier alpha value is -2.10. The van der Waals surface area contributed by atoms with Crippen molar-refractivity contribution >= 4 is 11.8 Å². The maximum absolute atomic E-state index is 13.1. The summed E-state index contributed by atoms with van der Waals surface area (Å²) in [6.45, 7) is 2.31. The normalized spacial score (nSPS) is 26.8. The summed E-state index contributed by atoms with van der Waals surface area (Å²) >= 11 is 0. The second-order valence-electron chi connectivity index (χ2n) is 5.88. The number of hydrogen-bond donors (Lipinski definition) is 1. The fourth-order valence-corrected chi connectivity index (χ4v) is 3.18. The summed E-state index contributed by atoms with van der Waals surface area (Å²) in [5, 5.41) is 2.92. The maximum Gasteiger partial charge on any atom is 0.252 e. The number of nitrogens with zero attached hydrogens (tertiary/aromatic N) is 1. The zero-order valence-electron chi connectivity index (χ0n) is 12.2. The molecular formula is C17H20N2O2. The Kier molecular flexibility index (Phi) is 3.53. The largest absolute Gasteiger partial charge is 0.338 e. The lowest BCUT2D eigenvalue weighted by molar-refractivity contribution is -0.140. The SMILES string of the molecule is CC1(c2ccccc2)NC(=O)CCN(C2CC=CC2)C1=O. The molecule has 1 atom stereocenters. The summed E-state index contributed by atoms with van der Waals surface area (Å²) in [4.78, 5) is 27.0. The number of benzene rings is 1. The molecule has 0 aromatic heterocycles. The summed E-state index contributed by atoms with van der Waals surface area (Å²) < 4.78 is 0. The van der Waals surface area contributed by atoms with Gasteiger partial charge in [0.05, 0.1) is 0 Å². The van der Waals surface area contributed by atoms with Gasteiger partial charge in [-0.3, -0.25) is 9.59 Å². The minimum atomic E-state index is -0.975. The van der Waals surface area contributed by atoms with Crippen molar-refractivity contribution in [2.75, 3.05) is 6.54 Å². The van der Waals surface area contributed by atoms with E-state index < -0.39 is 5.54 Å². The predicted molar refractivity (Wildman–Crippen MR) is 80.4 cm³/mol. The van der Waals surface area contributed by atoms with Crippen LogP contribution in [0.15, 0.2) is 42.5 Å². The first kappa shape index (κ1) is 13.9. The Labute approximate surface area is 124 Å². The highest BCUT2D eigenvalue weighted by Gasteiger charge is 2.43. The first-order valence-corrected chi connectivity index (χ1v) is 7.44. The number of hydrogen-bond acceptors (Lipinski definition) is 2. The number of amides is 2. The lowest BCUT2D eigenvalue weighted by Gasteiger charge is -2.35. The molecule has 1 unspecified atom stereocenters. The number of rotatable bonds is 2. The molecule has 110 valence electrons. The molecule has 1 aliphatic heterocycles. The number of carbonyl (C=O) groups is 2. The van der Waals surface area contributed by atoms with Crippen LogP contribution in [0.1, 0.15) is 31.7 Å². The van der Waals surface area contributed by atoms with Crippen molar-refractivity contribution in [3.8, 4) is 0 Å². The quantitative estimate of drug-likeness (QED) is 0.844. The molecule has 0 radical (unpaired) electrons. The highest BCUT2D eigenvalue weighted by atomic mass is 16.2. The highest BCUT2D eigenvalue weighted by Crippen LogP contribution is 2.29. The molecule has 21 heavy (non-hydrogen) atoms. The standard InChI is InChI=1S/C17H20N2O2/c1-17(13-7-3-2-4-8-13)16(21)19(12-11-15(20)18-17)14-9-5-6-10-14/h2-8,14H,9-12H2,1H3,(H,18,20). The molecule has 2 aliphatic rings. The van der Waals surface area contributed by atoms with E-state index in [0.717, 1.165) is 18.4 Å². The molecule has 0 bridgehead atoms. The molecule has 4 nitrogen and oxygen atoms in total. The lowest BCUT2D eigenvalue weighted by atomic mass is 9.90. The predicted octanol–water partition coefficient (Wildman–Crippen LogP) is 1.97. The van der Waals surface area contributed by atoms with Gasteiger partial charge in [-0.2, -0.15) is 0 Å². The molecule has 1 fully saturated rings. The first-order valence-electron chi connectivity index (χ1n) is 7.44. The van der Waals surface area contributed by atoms with Crippen molar-refractivity contribution in [3.63, 3.8) is 0 Å².